The predicted octanol–water partition coefficient (Wildman–Crippen LogP) is 3.00. The van der Waals surface area contributed by atoms with E-state index < -0.39 is 5.97 Å². The van der Waals surface area contributed by atoms with Crippen molar-refractivity contribution < 1.29 is 14.3 Å². The van der Waals surface area contributed by atoms with E-state index in [2.05, 4.69) is 6.92 Å². The van der Waals surface area contributed by atoms with Crippen LogP contribution in [0.1, 0.15) is 47.2 Å². The molecule has 20 heavy (non-hydrogen) atoms. The first-order chi connectivity index (χ1) is 9.61. The Morgan fingerprint density at radius 3 is 2.85 bits per heavy atom. The third-order valence-corrected chi connectivity index (χ3v) is 4.67. The number of aryl methyl sites for hydroxylation is 1. The molecule has 1 aromatic rings. The fraction of sp³-hybridized carbons (Fsp3) is 0.600. The van der Waals surface area contributed by atoms with E-state index in [0.717, 1.165) is 30.7 Å². The lowest BCUT2D eigenvalue weighted by Crippen LogP contribution is -2.45. The van der Waals surface area contributed by atoms with Crippen LogP contribution in [-0.2, 0) is 9.53 Å². The third kappa shape index (κ3) is 3.60. The largest absolute Gasteiger partial charge is 0.451 e. The molecule has 0 radical (unpaired) electrons. The first kappa shape index (κ1) is 15.0. The zero-order valence-electron chi connectivity index (χ0n) is 12.1. The van der Waals surface area contributed by atoms with Crippen molar-refractivity contribution in [3.63, 3.8) is 0 Å². The molecular weight excluding hydrogens is 274 g/mol. The highest BCUT2D eigenvalue weighted by molar-refractivity contribution is 7.13. The van der Waals surface area contributed by atoms with Crippen molar-refractivity contribution in [2.24, 2.45) is 0 Å². The Bertz CT molecular complexity index is 483. The van der Waals surface area contributed by atoms with Gasteiger partial charge in [0, 0.05) is 17.5 Å². The van der Waals surface area contributed by atoms with E-state index >= 15 is 0 Å². The number of hydrogen-bond donors (Lipinski definition) is 0. The molecule has 1 saturated heterocycles. The van der Waals surface area contributed by atoms with Gasteiger partial charge in [-0.3, -0.25) is 4.79 Å². The number of amides is 1. The highest BCUT2D eigenvalue weighted by atomic mass is 32.1. The summed E-state index contributed by atoms with van der Waals surface area (Å²) in [6.07, 6.45) is 4.24. The molecule has 0 bridgehead atoms. The van der Waals surface area contributed by atoms with Gasteiger partial charge in [-0.05, 0) is 44.7 Å². The zero-order valence-corrected chi connectivity index (χ0v) is 12.9. The number of likely N-dealkylation sites (tertiary alicyclic amines) is 1. The van der Waals surface area contributed by atoms with Crippen LogP contribution in [-0.4, -0.2) is 36.0 Å². The van der Waals surface area contributed by atoms with E-state index in [-0.39, 0.29) is 12.5 Å². The summed E-state index contributed by atoms with van der Waals surface area (Å²) in [4.78, 5) is 27.5. The molecule has 4 nitrogen and oxygen atoms in total. The first-order valence-electron chi connectivity index (χ1n) is 7.15. The van der Waals surface area contributed by atoms with E-state index in [1.54, 1.807) is 6.07 Å². The lowest BCUT2D eigenvalue weighted by atomic mass is 10.00. The minimum absolute atomic E-state index is 0.0711. The summed E-state index contributed by atoms with van der Waals surface area (Å²) < 4.78 is 5.13. The molecule has 0 aromatic carbocycles. The summed E-state index contributed by atoms with van der Waals surface area (Å²) in [5.74, 6) is -0.473. The van der Waals surface area contributed by atoms with E-state index in [0.29, 0.717) is 10.9 Å². The Labute approximate surface area is 123 Å². The molecule has 110 valence electrons. The average molecular weight is 295 g/mol. The minimum Gasteiger partial charge on any atom is -0.451 e. The molecule has 1 fully saturated rings. The van der Waals surface area contributed by atoms with E-state index in [1.165, 1.54) is 17.8 Å². The van der Waals surface area contributed by atoms with Gasteiger partial charge in [-0.25, -0.2) is 4.79 Å². The van der Waals surface area contributed by atoms with Crippen molar-refractivity contribution in [2.75, 3.05) is 13.2 Å². The van der Waals surface area contributed by atoms with Crippen molar-refractivity contribution in [3.05, 3.63) is 21.9 Å². The molecule has 2 heterocycles. The molecule has 1 atom stereocenters. The van der Waals surface area contributed by atoms with Crippen LogP contribution >= 0.6 is 11.3 Å². The topological polar surface area (TPSA) is 46.6 Å². The normalized spacial score (nSPS) is 18.9. The van der Waals surface area contributed by atoms with Crippen molar-refractivity contribution >= 4 is 23.2 Å². The van der Waals surface area contributed by atoms with Gasteiger partial charge in [-0.15, -0.1) is 11.3 Å². The summed E-state index contributed by atoms with van der Waals surface area (Å²) in [6, 6.07) is 3.92. The monoisotopic (exact) mass is 295 g/mol. The van der Waals surface area contributed by atoms with Crippen LogP contribution in [0.4, 0.5) is 0 Å². The molecule has 0 N–H and O–H groups in total. The number of piperidine rings is 1. The summed E-state index contributed by atoms with van der Waals surface area (Å²) in [5, 5.41) is 0. The standard InChI is InChI=1S/C15H21NO3S/c1-3-12-6-4-5-9-16(12)14(17)10-19-15(18)13-8-7-11(2)20-13/h7-8,12H,3-6,9-10H2,1-2H3. The van der Waals surface area contributed by atoms with Gasteiger partial charge in [0.15, 0.2) is 6.61 Å². The predicted molar refractivity (Wildman–Crippen MR) is 79.0 cm³/mol. The van der Waals surface area contributed by atoms with Gasteiger partial charge < -0.3 is 9.64 Å². The van der Waals surface area contributed by atoms with Gasteiger partial charge in [-0.2, -0.15) is 0 Å². The van der Waals surface area contributed by atoms with Crippen molar-refractivity contribution in [1.82, 2.24) is 4.90 Å². The number of rotatable bonds is 4. The quantitative estimate of drug-likeness (QED) is 0.802. The molecule has 1 unspecified atom stereocenters. The molecule has 1 amide bonds. The summed E-state index contributed by atoms with van der Waals surface area (Å²) in [6.45, 7) is 4.67. The molecule has 1 aliphatic rings. The van der Waals surface area contributed by atoms with Crippen molar-refractivity contribution in [3.8, 4) is 0 Å². The van der Waals surface area contributed by atoms with Gasteiger partial charge in [0.2, 0.25) is 0 Å². The molecule has 1 aromatic heterocycles. The molecule has 0 aliphatic carbocycles. The second kappa shape index (κ2) is 6.88. The van der Waals surface area contributed by atoms with Crippen LogP contribution in [0.2, 0.25) is 0 Å². The molecule has 0 spiro atoms. The SMILES string of the molecule is CCC1CCCCN1C(=O)COC(=O)c1ccc(C)s1. The van der Waals surface area contributed by atoms with Crippen LogP contribution in [0.15, 0.2) is 12.1 Å². The highest BCUT2D eigenvalue weighted by Crippen LogP contribution is 2.20. The second-order valence-electron chi connectivity index (χ2n) is 5.13. The van der Waals surface area contributed by atoms with Crippen molar-refractivity contribution in [1.29, 1.82) is 0 Å². The minimum atomic E-state index is -0.401. The van der Waals surface area contributed by atoms with Crippen LogP contribution in [0.5, 0.6) is 0 Å². The number of carbonyl (C=O) groups excluding carboxylic acids is 2. The average Bonchev–Trinajstić information content (AvgIpc) is 2.91. The first-order valence-corrected chi connectivity index (χ1v) is 7.96. The maximum absolute atomic E-state index is 12.2. The number of nitrogens with zero attached hydrogens (tertiary/aromatic N) is 1. The Balaban J connectivity index is 1.86. The van der Waals surface area contributed by atoms with Gasteiger partial charge in [0.1, 0.15) is 4.88 Å². The number of carbonyl (C=O) groups is 2. The summed E-state index contributed by atoms with van der Waals surface area (Å²) in [5.41, 5.74) is 0. The molecule has 0 saturated carbocycles. The van der Waals surface area contributed by atoms with Crippen LogP contribution in [0.25, 0.3) is 0 Å². The molecule has 5 heteroatoms. The third-order valence-electron chi connectivity index (χ3n) is 3.69. The molecular formula is C15H21NO3S. The van der Waals surface area contributed by atoms with Crippen molar-refractivity contribution in [2.45, 2.75) is 45.6 Å². The Morgan fingerprint density at radius 1 is 1.40 bits per heavy atom. The maximum Gasteiger partial charge on any atom is 0.348 e. The van der Waals surface area contributed by atoms with Crippen LogP contribution in [0, 0.1) is 6.92 Å². The Morgan fingerprint density at radius 2 is 2.20 bits per heavy atom. The Kier molecular flexibility index (Phi) is 5.17. The molecule has 1 aliphatic heterocycles. The van der Waals surface area contributed by atoms with Gasteiger partial charge in [0.25, 0.3) is 5.91 Å². The fourth-order valence-electron chi connectivity index (χ4n) is 2.58. The number of esters is 1. The molecule has 2 rings (SSSR count). The summed E-state index contributed by atoms with van der Waals surface area (Å²) >= 11 is 1.39. The smallest absolute Gasteiger partial charge is 0.348 e. The van der Waals surface area contributed by atoms with Crippen LogP contribution in [0.3, 0.4) is 0 Å². The second-order valence-corrected chi connectivity index (χ2v) is 6.42. The number of ether oxygens (including phenoxy) is 1. The Hall–Kier alpha value is -1.36. The van der Waals surface area contributed by atoms with Crippen LogP contribution < -0.4 is 0 Å². The lowest BCUT2D eigenvalue weighted by Gasteiger charge is -2.35. The van der Waals surface area contributed by atoms with Gasteiger partial charge >= 0.3 is 5.97 Å². The highest BCUT2D eigenvalue weighted by Gasteiger charge is 2.26. The zero-order chi connectivity index (χ0) is 14.5. The lowest BCUT2D eigenvalue weighted by molar-refractivity contribution is -0.138. The van der Waals surface area contributed by atoms with E-state index in [1.807, 2.05) is 17.9 Å². The maximum atomic E-state index is 12.2. The van der Waals surface area contributed by atoms with Gasteiger partial charge in [-0.1, -0.05) is 6.92 Å². The van der Waals surface area contributed by atoms with Gasteiger partial charge in [0.05, 0.1) is 0 Å². The van der Waals surface area contributed by atoms with E-state index in [9.17, 15) is 9.59 Å². The van der Waals surface area contributed by atoms with E-state index in [4.69, 9.17) is 4.74 Å². The summed E-state index contributed by atoms with van der Waals surface area (Å²) in [7, 11) is 0. The fourth-order valence-corrected chi connectivity index (χ4v) is 3.34. The number of hydrogen-bond acceptors (Lipinski definition) is 4. The number of thiophene rings is 1.